The van der Waals surface area contributed by atoms with Crippen LogP contribution in [0.25, 0.3) is 0 Å². The number of nitrogens with two attached hydrogens (primary N) is 1. The molecule has 0 aliphatic heterocycles. The molecule has 0 saturated heterocycles. The molecule has 0 aromatic heterocycles. The van der Waals surface area contributed by atoms with Crippen LogP contribution in [0.5, 0.6) is 0 Å². The van der Waals surface area contributed by atoms with Gasteiger partial charge in [0.1, 0.15) is 6.04 Å². The van der Waals surface area contributed by atoms with Gasteiger partial charge in [-0.25, -0.2) is 0 Å². The lowest BCUT2D eigenvalue weighted by Gasteiger charge is -2.22. The van der Waals surface area contributed by atoms with Crippen molar-refractivity contribution in [1.29, 1.82) is 0 Å². The summed E-state index contributed by atoms with van der Waals surface area (Å²) in [5.41, 5.74) is 5.50. The van der Waals surface area contributed by atoms with Crippen molar-refractivity contribution in [3.63, 3.8) is 0 Å². The number of aliphatic carboxylic acids is 1. The summed E-state index contributed by atoms with van der Waals surface area (Å²) in [7, 11) is 0. The first-order valence-corrected chi connectivity index (χ1v) is 7.79. The van der Waals surface area contributed by atoms with E-state index in [1.54, 1.807) is 13.8 Å². The Bertz CT molecular complexity index is 374. The summed E-state index contributed by atoms with van der Waals surface area (Å²) in [5, 5.41) is 13.4. The Kier molecular flexibility index (Phi) is 9.03. The van der Waals surface area contributed by atoms with Crippen LogP contribution in [0, 0.1) is 0 Å². The van der Waals surface area contributed by atoms with Crippen molar-refractivity contribution in [2.45, 2.75) is 56.7 Å². The topological polar surface area (TPSA) is 122 Å². The molecule has 0 spiro atoms. The predicted octanol–water partition coefficient (Wildman–Crippen LogP) is -0.0606. The lowest BCUT2D eigenvalue weighted by Crippen LogP contribution is -2.54. The number of nitrogens with one attached hydrogen (secondary N) is 2. The first kappa shape index (κ1) is 19.7. The van der Waals surface area contributed by atoms with Crippen molar-refractivity contribution in [2.75, 3.05) is 6.54 Å². The van der Waals surface area contributed by atoms with Crippen LogP contribution in [-0.4, -0.2) is 52.0 Å². The summed E-state index contributed by atoms with van der Waals surface area (Å²) < 4.78 is 0. The fourth-order valence-corrected chi connectivity index (χ4v) is 2.66. The predicted molar refractivity (Wildman–Crippen MR) is 83.0 cm³/mol. The molecule has 0 aliphatic rings. The Morgan fingerprint density at radius 3 is 2.05 bits per heavy atom. The zero-order valence-electron chi connectivity index (χ0n) is 12.9. The quantitative estimate of drug-likeness (QED) is 0.472. The molecule has 2 atom stereocenters. The van der Waals surface area contributed by atoms with Crippen molar-refractivity contribution < 1.29 is 19.5 Å². The highest BCUT2D eigenvalue weighted by molar-refractivity contribution is 8.01. The third-order valence-electron chi connectivity index (χ3n) is 2.39. The summed E-state index contributed by atoms with van der Waals surface area (Å²) in [5.74, 6) is -1.91. The van der Waals surface area contributed by atoms with Gasteiger partial charge in [0.05, 0.1) is 11.7 Å². The number of hydrogen-bond donors (Lipinski definition) is 4. The molecule has 0 fully saturated rings. The Labute approximate surface area is 129 Å². The second kappa shape index (κ2) is 9.62. The van der Waals surface area contributed by atoms with Crippen molar-refractivity contribution in [3.8, 4) is 0 Å². The van der Waals surface area contributed by atoms with Crippen molar-refractivity contribution in [1.82, 2.24) is 10.6 Å². The summed E-state index contributed by atoms with van der Waals surface area (Å²) >= 11 is 1.25. The van der Waals surface area contributed by atoms with Crippen molar-refractivity contribution >= 4 is 29.5 Å². The number of carboxylic acids is 1. The Hall–Kier alpha value is -1.28. The van der Waals surface area contributed by atoms with Gasteiger partial charge in [-0.05, 0) is 19.1 Å². The van der Waals surface area contributed by atoms with Crippen LogP contribution in [0.3, 0.4) is 0 Å². The average Bonchev–Trinajstić information content (AvgIpc) is 2.32. The second-order valence-corrected chi connectivity index (χ2v) is 7.02. The molecule has 0 radical (unpaired) electrons. The average molecular weight is 319 g/mol. The van der Waals surface area contributed by atoms with Gasteiger partial charge >= 0.3 is 5.97 Å². The number of rotatable bonds is 9. The Morgan fingerprint density at radius 1 is 1.10 bits per heavy atom. The van der Waals surface area contributed by atoms with E-state index in [4.69, 9.17) is 10.8 Å². The largest absolute Gasteiger partial charge is 0.481 e. The maximum absolute atomic E-state index is 12.1. The van der Waals surface area contributed by atoms with Crippen molar-refractivity contribution in [2.24, 2.45) is 5.73 Å². The molecule has 8 heteroatoms. The van der Waals surface area contributed by atoms with Crippen molar-refractivity contribution in [3.05, 3.63) is 0 Å². The van der Waals surface area contributed by atoms with Gasteiger partial charge in [-0.1, -0.05) is 13.8 Å². The van der Waals surface area contributed by atoms with E-state index >= 15 is 0 Å². The molecular formula is C13H25N3O4S. The molecule has 0 bridgehead atoms. The molecule has 0 aromatic carbocycles. The van der Waals surface area contributed by atoms with E-state index in [2.05, 4.69) is 10.6 Å². The van der Waals surface area contributed by atoms with Gasteiger partial charge in [0.2, 0.25) is 11.8 Å². The number of carbonyl (C=O) groups is 3. The van der Waals surface area contributed by atoms with Gasteiger partial charge in [-0.15, -0.1) is 11.8 Å². The minimum absolute atomic E-state index is 0.0452. The van der Waals surface area contributed by atoms with Gasteiger partial charge < -0.3 is 21.5 Å². The molecule has 5 N–H and O–H groups in total. The van der Waals surface area contributed by atoms with Crippen LogP contribution < -0.4 is 16.4 Å². The third-order valence-corrected chi connectivity index (χ3v) is 3.64. The monoisotopic (exact) mass is 319 g/mol. The standard InChI is InChI=1S/C13H25N3O4S/c1-7(2)15-12(19)9(6-14)16-13(20)10(5-11(17)18)21-8(3)4/h7-10H,5-6,14H2,1-4H3,(H,15,19)(H,16,20)(H,17,18)/t9-,10?/m0/s1. The molecule has 0 heterocycles. The zero-order valence-corrected chi connectivity index (χ0v) is 13.7. The van der Waals surface area contributed by atoms with Crippen LogP contribution in [-0.2, 0) is 14.4 Å². The highest BCUT2D eigenvalue weighted by atomic mass is 32.2. The molecule has 122 valence electrons. The first-order chi connectivity index (χ1) is 9.67. The van der Waals surface area contributed by atoms with E-state index in [0.717, 1.165) is 0 Å². The summed E-state index contributed by atoms with van der Waals surface area (Å²) in [6.45, 7) is 7.30. The molecular weight excluding hydrogens is 294 g/mol. The van der Waals surface area contributed by atoms with Crippen LogP contribution in [0.2, 0.25) is 0 Å². The zero-order chi connectivity index (χ0) is 16.6. The van der Waals surface area contributed by atoms with Gasteiger partial charge in [-0.2, -0.15) is 0 Å². The fraction of sp³-hybridized carbons (Fsp3) is 0.769. The number of thioether (sulfide) groups is 1. The van der Waals surface area contributed by atoms with Gasteiger partial charge in [-0.3, -0.25) is 14.4 Å². The van der Waals surface area contributed by atoms with Gasteiger partial charge in [0.25, 0.3) is 0 Å². The normalized spacial score (nSPS) is 13.9. The van der Waals surface area contributed by atoms with E-state index in [-0.39, 0.29) is 30.2 Å². The summed E-state index contributed by atoms with van der Waals surface area (Å²) in [4.78, 5) is 34.8. The van der Waals surface area contributed by atoms with E-state index in [0.29, 0.717) is 0 Å². The van der Waals surface area contributed by atoms with Crippen LogP contribution in [0.4, 0.5) is 0 Å². The smallest absolute Gasteiger partial charge is 0.305 e. The van der Waals surface area contributed by atoms with E-state index < -0.39 is 23.2 Å². The lowest BCUT2D eigenvalue weighted by atomic mass is 10.2. The number of carboxylic acid groups (broad SMARTS) is 1. The van der Waals surface area contributed by atoms with E-state index in [1.165, 1.54) is 11.8 Å². The minimum Gasteiger partial charge on any atom is -0.481 e. The summed E-state index contributed by atoms with van der Waals surface area (Å²) in [6.07, 6.45) is -0.294. The van der Waals surface area contributed by atoms with E-state index in [9.17, 15) is 14.4 Å². The van der Waals surface area contributed by atoms with Gasteiger partial charge in [0.15, 0.2) is 0 Å². The molecule has 1 unspecified atom stereocenters. The lowest BCUT2D eigenvalue weighted by molar-refractivity contribution is -0.138. The highest BCUT2D eigenvalue weighted by Gasteiger charge is 2.27. The van der Waals surface area contributed by atoms with E-state index in [1.807, 2.05) is 13.8 Å². The third kappa shape index (κ3) is 8.56. The molecule has 21 heavy (non-hydrogen) atoms. The Morgan fingerprint density at radius 2 is 1.67 bits per heavy atom. The van der Waals surface area contributed by atoms with Gasteiger partial charge in [0, 0.05) is 12.6 Å². The molecule has 0 rings (SSSR count). The molecule has 7 nitrogen and oxygen atoms in total. The fourth-order valence-electron chi connectivity index (χ4n) is 1.57. The van der Waals surface area contributed by atoms with Crippen LogP contribution in [0.15, 0.2) is 0 Å². The maximum Gasteiger partial charge on any atom is 0.305 e. The van der Waals surface area contributed by atoms with Crippen LogP contribution >= 0.6 is 11.8 Å². The maximum atomic E-state index is 12.1. The molecule has 0 aromatic rings. The Balaban J connectivity index is 4.75. The number of amides is 2. The molecule has 0 saturated carbocycles. The number of hydrogen-bond acceptors (Lipinski definition) is 5. The first-order valence-electron chi connectivity index (χ1n) is 6.85. The SMILES string of the molecule is CC(C)NC(=O)[C@H](CN)NC(=O)C(CC(=O)O)SC(C)C. The molecule has 0 aliphatic carbocycles. The molecule has 2 amide bonds. The minimum atomic E-state index is -1.06. The summed E-state index contributed by atoms with van der Waals surface area (Å²) in [6, 6.07) is -0.924. The second-order valence-electron chi connectivity index (χ2n) is 5.23. The van der Waals surface area contributed by atoms with Crippen LogP contribution in [0.1, 0.15) is 34.1 Å². The highest BCUT2D eigenvalue weighted by Crippen LogP contribution is 2.20. The number of carbonyl (C=O) groups excluding carboxylic acids is 2.